The quantitative estimate of drug-likeness (QED) is 0.796. The first-order chi connectivity index (χ1) is 9.24. The molecule has 0 saturated carbocycles. The summed E-state index contributed by atoms with van der Waals surface area (Å²) < 4.78 is 0. The Morgan fingerprint density at radius 3 is 2.50 bits per heavy atom. The van der Waals surface area contributed by atoms with Crippen molar-refractivity contribution in [1.29, 1.82) is 0 Å². The van der Waals surface area contributed by atoms with Crippen molar-refractivity contribution in [2.75, 3.05) is 32.7 Å². The van der Waals surface area contributed by atoms with Gasteiger partial charge < -0.3 is 20.2 Å². The standard InChI is InChI=1S/C14H27N3O3/c1-5-16-7-6-11(9-16)8-15-13(20)17(10-12(18)19)14(2,3)4/h11H,5-10H2,1-4H3,(H,15,20)(H,18,19). The number of carboxylic acids is 1. The maximum Gasteiger partial charge on any atom is 0.323 e. The maximum absolute atomic E-state index is 12.2. The number of urea groups is 1. The zero-order chi connectivity index (χ0) is 15.3. The number of nitrogens with one attached hydrogen (secondary N) is 1. The first-order valence-corrected chi connectivity index (χ1v) is 7.23. The number of likely N-dealkylation sites (tertiary alicyclic amines) is 1. The number of nitrogens with zero attached hydrogens (tertiary/aromatic N) is 2. The molecule has 1 atom stereocenters. The van der Waals surface area contributed by atoms with Crippen LogP contribution in [0.15, 0.2) is 0 Å². The highest BCUT2D eigenvalue weighted by atomic mass is 16.4. The molecule has 0 aromatic carbocycles. The average molecular weight is 285 g/mol. The number of carbonyl (C=O) groups is 2. The molecule has 6 nitrogen and oxygen atoms in total. The second-order valence-electron chi connectivity index (χ2n) is 6.38. The molecule has 0 aromatic rings. The number of aliphatic carboxylic acids is 1. The Hall–Kier alpha value is -1.30. The minimum atomic E-state index is -0.993. The summed E-state index contributed by atoms with van der Waals surface area (Å²) in [6.45, 7) is 11.1. The van der Waals surface area contributed by atoms with Gasteiger partial charge in [0.25, 0.3) is 0 Å². The lowest BCUT2D eigenvalue weighted by molar-refractivity contribution is -0.138. The van der Waals surface area contributed by atoms with Crippen molar-refractivity contribution in [3.8, 4) is 0 Å². The van der Waals surface area contributed by atoms with Gasteiger partial charge in [-0.2, -0.15) is 0 Å². The maximum atomic E-state index is 12.2. The average Bonchev–Trinajstić information content (AvgIpc) is 2.79. The lowest BCUT2D eigenvalue weighted by Gasteiger charge is -2.34. The van der Waals surface area contributed by atoms with Crippen LogP contribution < -0.4 is 5.32 Å². The van der Waals surface area contributed by atoms with Crippen molar-refractivity contribution in [2.45, 2.75) is 39.7 Å². The summed E-state index contributed by atoms with van der Waals surface area (Å²) in [7, 11) is 0. The molecular weight excluding hydrogens is 258 g/mol. The van der Waals surface area contributed by atoms with E-state index in [9.17, 15) is 9.59 Å². The van der Waals surface area contributed by atoms with Gasteiger partial charge in [0, 0.05) is 18.6 Å². The zero-order valence-electron chi connectivity index (χ0n) is 13.0. The number of hydrogen-bond donors (Lipinski definition) is 2. The van der Waals surface area contributed by atoms with Gasteiger partial charge in [-0.25, -0.2) is 4.79 Å². The molecule has 0 bridgehead atoms. The predicted molar refractivity (Wildman–Crippen MR) is 77.7 cm³/mol. The first kappa shape index (κ1) is 16.8. The van der Waals surface area contributed by atoms with Gasteiger partial charge in [-0.3, -0.25) is 4.79 Å². The summed E-state index contributed by atoms with van der Waals surface area (Å²) >= 11 is 0. The van der Waals surface area contributed by atoms with Crippen molar-refractivity contribution < 1.29 is 14.7 Å². The highest BCUT2D eigenvalue weighted by molar-refractivity contribution is 5.80. The second-order valence-corrected chi connectivity index (χ2v) is 6.38. The number of hydrogen-bond acceptors (Lipinski definition) is 3. The van der Waals surface area contributed by atoms with Gasteiger partial charge in [-0.1, -0.05) is 6.92 Å². The Balaban J connectivity index is 2.48. The monoisotopic (exact) mass is 285 g/mol. The van der Waals surface area contributed by atoms with Crippen molar-refractivity contribution in [1.82, 2.24) is 15.1 Å². The van der Waals surface area contributed by atoms with Crippen LogP contribution in [0.1, 0.15) is 34.1 Å². The molecular formula is C14H27N3O3. The molecule has 6 heteroatoms. The molecule has 1 fully saturated rings. The van der Waals surface area contributed by atoms with Crippen LogP contribution in [0.4, 0.5) is 4.79 Å². The number of amides is 2. The fourth-order valence-electron chi connectivity index (χ4n) is 2.44. The van der Waals surface area contributed by atoms with Crippen LogP contribution >= 0.6 is 0 Å². The van der Waals surface area contributed by atoms with Crippen LogP contribution in [0, 0.1) is 5.92 Å². The molecule has 0 spiro atoms. The van der Waals surface area contributed by atoms with E-state index in [-0.39, 0.29) is 12.6 Å². The van der Waals surface area contributed by atoms with E-state index in [4.69, 9.17) is 5.11 Å². The Morgan fingerprint density at radius 1 is 1.40 bits per heavy atom. The summed E-state index contributed by atoms with van der Waals surface area (Å²) in [5, 5.41) is 11.8. The lowest BCUT2D eigenvalue weighted by atomic mass is 10.1. The van der Waals surface area contributed by atoms with E-state index in [1.807, 2.05) is 20.8 Å². The van der Waals surface area contributed by atoms with Gasteiger partial charge in [-0.05, 0) is 46.2 Å². The minimum Gasteiger partial charge on any atom is -0.480 e. The second kappa shape index (κ2) is 6.92. The van der Waals surface area contributed by atoms with Crippen molar-refractivity contribution in [2.24, 2.45) is 5.92 Å². The van der Waals surface area contributed by atoms with Crippen LogP contribution in [-0.2, 0) is 4.79 Å². The molecule has 1 rings (SSSR count). The summed E-state index contributed by atoms with van der Waals surface area (Å²) in [5.41, 5.74) is -0.506. The highest BCUT2D eigenvalue weighted by Gasteiger charge is 2.29. The molecule has 20 heavy (non-hydrogen) atoms. The van der Waals surface area contributed by atoms with Crippen LogP contribution in [0.2, 0.25) is 0 Å². The molecule has 1 heterocycles. The van der Waals surface area contributed by atoms with Crippen molar-refractivity contribution >= 4 is 12.0 Å². The molecule has 0 aliphatic carbocycles. The van der Waals surface area contributed by atoms with Gasteiger partial charge in [0.1, 0.15) is 6.54 Å². The van der Waals surface area contributed by atoms with E-state index in [1.165, 1.54) is 4.90 Å². The third kappa shape index (κ3) is 5.00. The Bertz CT molecular complexity index is 352. The first-order valence-electron chi connectivity index (χ1n) is 7.23. The van der Waals surface area contributed by atoms with E-state index in [2.05, 4.69) is 17.1 Å². The molecule has 0 radical (unpaired) electrons. The molecule has 2 amide bonds. The van der Waals surface area contributed by atoms with E-state index < -0.39 is 11.5 Å². The van der Waals surface area contributed by atoms with Gasteiger partial charge >= 0.3 is 12.0 Å². The van der Waals surface area contributed by atoms with E-state index in [1.54, 1.807) is 0 Å². The van der Waals surface area contributed by atoms with E-state index >= 15 is 0 Å². The van der Waals surface area contributed by atoms with E-state index in [0.29, 0.717) is 12.5 Å². The molecule has 1 saturated heterocycles. The number of carboxylic acid groups (broad SMARTS) is 1. The summed E-state index contributed by atoms with van der Waals surface area (Å²) in [6.07, 6.45) is 1.09. The lowest BCUT2D eigenvalue weighted by Crippen LogP contribution is -2.53. The van der Waals surface area contributed by atoms with Crippen LogP contribution in [0.5, 0.6) is 0 Å². The van der Waals surface area contributed by atoms with Gasteiger partial charge in [0.05, 0.1) is 0 Å². The highest BCUT2D eigenvalue weighted by Crippen LogP contribution is 2.16. The fourth-order valence-corrected chi connectivity index (χ4v) is 2.44. The largest absolute Gasteiger partial charge is 0.480 e. The molecule has 1 unspecified atom stereocenters. The Labute approximate surface area is 121 Å². The number of carbonyl (C=O) groups excluding carboxylic acids is 1. The topological polar surface area (TPSA) is 72.9 Å². The molecule has 2 N–H and O–H groups in total. The van der Waals surface area contributed by atoms with Crippen LogP contribution in [0.25, 0.3) is 0 Å². The molecule has 0 aromatic heterocycles. The van der Waals surface area contributed by atoms with Gasteiger partial charge in [-0.15, -0.1) is 0 Å². The summed E-state index contributed by atoms with van der Waals surface area (Å²) in [6, 6.07) is -0.296. The molecule has 1 aliphatic rings. The molecule has 1 aliphatic heterocycles. The normalized spacial score (nSPS) is 19.9. The fraction of sp³-hybridized carbons (Fsp3) is 0.857. The third-order valence-corrected chi connectivity index (χ3v) is 3.71. The van der Waals surface area contributed by atoms with Crippen molar-refractivity contribution in [3.63, 3.8) is 0 Å². The Kier molecular flexibility index (Phi) is 5.80. The van der Waals surface area contributed by atoms with Crippen LogP contribution in [0.3, 0.4) is 0 Å². The minimum absolute atomic E-state index is 0.277. The summed E-state index contributed by atoms with van der Waals surface area (Å²) in [4.78, 5) is 26.8. The smallest absolute Gasteiger partial charge is 0.323 e. The third-order valence-electron chi connectivity index (χ3n) is 3.71. The molecule has 116 valence electrons. The Morgan fingerprint density at radius 2 is 2.05 bits per heavy atom. The van der Waals surface area contributed by atoms with E-state index in [0.717, 1.165) is 26.1 Å². The summed E-state index contributed by atoms with van der Waals surface area (Å²) in [5.74, 6) is -0.529. The van der Waals surface area contributed by atoms with Crippen molar-refractivity contribution in [3.05, 3.63) is 0 Å². The predicted octanol–water partition coefficient (Wildman–Crippen LogP) is 1.22. The zero-order valence-corrected chi connectivity index (χ0v) is 13.0. The number of rotatable bonds is 5. The van der Waals surface area contributed by atoms with Gasteiger partial charge in [0.15, 0.2) is 0 Å². The van der Waals surface area contributed by atoms with Gasteiger partial charge in [0.2, 0.25) is 0 Å². The SMILES string of the molecule is CCN1CCC(CNC(=O)N(CC(=O)O)C(C)(C)C)C1. The van der Waals surface area contributed by atoms with Crippen LogP contribution in [-0.4, -0.2) is 65.2 Å².